The summed E-state index contributed by atoms with van der Waals surface area (Å²) in [7, 11) is 0. The maximum Gasteiger partial charge on any atom is 0.243 e. The molecule has 68 valence electrons. The van der Waals surface area contributed by atoms with Gasteiger partial charge in [0.2, 0.25) is 5.91 Å². The molecule has 0 atom stereocenters. The van der Waals surface area contributed by atoms with Crippen LogP contribution in [0, 0.1) is 0 Å². The van der Waals surface area contributed by atoms with Crippen molar-refractivity contribution in [2.75, 3.05) is 11.9 Å². The van der Waals surface area contributed by atoms with Gasteiger partial charge in [0.25, 0.3) is 0 Å². The van der Waals surface area contributed by atoms with Gasteiger partial charge in [-0.1, -0.05) is 22.0 Å². The lowest BCUT2D eigenvalue weighted by atomic mass is 10.4. The predicted octanol–water partition coefficient (Wildman–Crippen LogP) is 0.900. The highest BCUT2D eigenvalue weighted by Gasteiger charge is 1.93. The van der Waals surface area contributed by atoms with Crippen molar-refractivity contribution in [2.45, 2.75) is 6.42 Å². The van der Waals surface area contributed by atoms with E-state index >= 15 is 0 Å². The first-order valence-electron chi connectivity index (χ1n) is 3.39. The molecule has 0 radical (unpaired) electrons. The average molecular weight is 252 g/mol. The van der Waals surface area contributed by atoms with E-state index in [0.717, 1.165) is 5.33 Å². The third kappa shape index (κ3) is 7.81. The molecule has 0 rings (SSSR count). The first-order chi connectivity index (χ1) is 5.66. The molecule has 12 heavy (non-hydrogen) atoms. The van der Waals surface area contributed by atoms with Gasteiger partial charge in [-0.15, -0.1) is 12.6 Å². The monoisotopic (exact) mass is 251 g/mol. The molecule has 3 nitrogen and oxygen atoms in total. The van der Waals surface area contributed by atoms with Crippen molar-refractivity contribution in [1.29, 1.82) is 0 Å². The molecule has 0 aliphatic carbocycles. The average Bonchev–Trinajstić information content (AvgIpc) is 2.00. The van der Waals surface area contributed by atoms with Crippen molar-refractivity contribution in [3.63, 3.8) is 0 Å². The van der Waals surface area contributed by atoms with Gasteiger partial charge < -0.3 is 5.32 Å². The van der Waals surface area contributed by atoms with Gasteiger partial charge in [0.05, 0.1) is 0 Å². The minimum absolute atomic E-state index is 0.185. The molecule has 0 aromatic rings. The van der Waals surface area contributed by atoms with Gasteiger partial charge in [-0.3, -0.25) is 9.59 Å². The number of allylic oxidation sites excluding steroid dienone is 1. The molecule has 0 bridgehead atoms. The van der Waals surface area contributed by atoms with Gasteiger partial charge in [0.15, 0.2) is 5.12 Å². The number of hydrogen-bond acceptors (Lipinski definition) is 2. The smallest absolute Gasteiger partial charge is 0.243 e. The van der Waals surface area contributed by atoms with E-state index in [0.29, 0.717) is 6.54 Å². The topological polar surface area (TPSA) is 46.2 Å². The van der Waals surface area contributed by atoms with Crippen molar-refractivity contribution >= 4 is 39.6 Å². The van der Waals surface area contributed by atoms with E-state index in [-0.39, 0.29) is 17.4 Å². The van der Waals surface area contributed by atoms with Crippen molar-refractivity contribution in [3.8, 4) is 0 Å². The number of hydrogen-bond donors (Lipinski definition) is 2. The highest BCUT2D eigenvalue weighted by atomic mass is 79.9. The molecule has 0 unspecified atom stereocenters. The Hall–Kier alpha value is -0.290. The Labute approximate surface area is 85.1 Å². The van der Waals surface area contributed by atoms with E-state index in [2.05, 4.69) is 33.9 Å². The second-order valence-electron chi connectivity index (χ2n) is 1.98. The molecule has 0 aliphatic rings. The summed E-state index contributed by atoms with van der Waals surface area (Å²) < 4.78 is 0. The van der Waals surface area contributed by atoms with Gasteiger partial charge in [-0.05, 0) is 6.08 Å². The number of thiol groups is 1. The predicted molar refractivity (Wildman–Crippen MR) is 54.6 cm³/mol. The third-order valence-electron chi connectivity index (χ3n) is 0.955. The van der Waals surface area contributed by atoms with Crippen LogP contribution >= 0.6 is 28.6 Å². The van der Waals surface area contributed by atoms with Crippen LogP contribution in [0.15, 0.2) is 12.2 Å². The largest absolute Gasteiger partial charge is 0.352 e. The van der Waals surface area contributed by atoms with E-state index < -0.39 is 0 Å². The van der Waals surface area contributed by atoms with Gasteiger partial charge in [0.1, 0.15) is 0 Å². The van der Waals surface area contributed by atoms with E-state index in [9.17, 15) is 9.59 Å². The first-order valence-corrected chi connectivity index (χ1v) is 4.96. The fourth-order valence-electron chi connectivity index (χ4n) is 0.496. The van der Waals surface area contributed by atoms with Gasteiger partial charge >= 0.3 is 0 Å². The lowest BCUT2D eigenvalue weighted by Crippen LogP contribution is -2.22. The summed E-state index contributed by atoms with van der Waals surface area (Å²) in [6, 6.07) is 0. The molecule has 1 N–H and O–H groups in total. The lowest BCUT2D eigenvalue weighted by molar-refractivity contribution is -0.116. The Morgan fingerprint density at radius 2 is 2.17 bits per heavy atom. The molecular formula is C7H10BrNO2S. The summed E-state index contributed by atoms with van der Waals surface area (Å²) in [5.41, 5.74) is 0. The summed E-state index contributed by atoms with van der Waals surface area (Å²) in [6.45, 7) is 0.581. The SMILES string of the molecule is O=C(S)C/C=C\C(=O)NCCBr. The minimum Gasteiger partial charge on any atom is -0.352 e. The fourth-order valence-corrected chi connectivity index (χ4v) is 0.800. The summed E-state index contributed by atoms with van der Waals surface area (Å²) in [6.07, 6.45) is 3.00. The van der Waals surface area contributed by atoms with Crippen LogP contribution in [0.4, 0.5) is 0 Å². The van der Waals surface area contributed by atoms with Crippen molar-refractivity contribution < 1.29 is 9.59 Å². The number of rotatable bonds is 5. The number of alkyl halides is 1. The second kappa shape index (κ2) is 7.36. The minimum atomic E-state index is -0.250. The van der Waals surface area contributed by atoms with Crippen LogP contribution in [0.25, 0.3) is 0 Å². The molecule has 0 saturated heterocycles. The maximum atomic E-state index is 10.8. The summed E-state index contributed by atoms with van der Waals surface area (Å²) >= 11 is 6.71. The quantitative estimate of drug-likeness (QED) is 0.434. The Kier molecular flexibility index (Phi) is 7.19. The van der Waals surface area contributed by atoms with Crippen LogP contribution in [-0.2, 0) is 9.59 Å². The van der Waals surface area contributed by atoms with Gasteiger partial charge in [0, 0.05) is 18.3 Å². The Morgan fingerprint density at radius 3 is 2.67 bits per heavy atom. The first kappa shape index (κ1) is 11.7. The fraction of sp³-hybridized carbons (Fsp3) is 0.429. The van der Waals surface area contributed by atoms with Crippen LogP contribution in [0.5, 0.6) is 0 Å². The van der Waals surface area contributed by atoms with E-state index in [4.69, 9.17) is 0 Å². The molecule has 0 fully saturated rings. The molecule has 5 heteroatoms. The molecular weight excluding hydrogens is 242 g/mol. The summed E-state index contributed by atoms with van der Waals surface area (Å²) in [4.78, 5) is 21.1. The number of amides is 1. The Morgan fingerprint density at radius 1 is 1.50 bits per heavy atom. The Bertz CT molecular complexity index is 194. The zero-order chi connectivity index (χ0) is 9.40. The molecule has 0 aromatic heterocycles. The van der Waals surface area contributed by atoms with Crippen molar-refractivity contribution in [3.05, 3.63) is 12.2 Å². The molecule has 0 aromatic carbocycles. The highest BCUT2D eigenvalue weighted by molar-refractivity contribution is 9.09. The van der Waals surface area contributed by atoms with E-state index in [1.165, 1.54) is 12.2 Å². The number of nitrogens with one attached hydrogen (secondary N) is 1. The zero-order valence-electron chi connectivity index (χ0n) is 6.42. The molecule has 0 saturated carbocycles. The van der Waals surface area contributed by atoms with Gasteiger partial charge in [-0.2, -0.15) is 0 Å². The number of halogens is 1. The standard InChI is InChI=1S/C7H10BrNO2S/c8-4-5-9-6(10)2-1-3-7(11)12/h1-2H,3-5H2,(H,9,10)(H,11,12)/b2-1-. The van der Waals surface area contributed by atoms with Crippen LogP contribution in [0.3, 0.4) is 0 Å². The normalized spacial score (nSPS) is 10.2. The third-order valence-corrected chi connectivity index (χ3v) is 1.53. The molecule has 0 aliphatic heterocycles. The van der Waals surface area contributed by atoms with E-state index in [1.807, 2.05) is 0 Å². The zero-order valence-corrected chi connectivity index (χ0v) is 8.90. The van der Waals surface area contributed by atoms with Crippen LogP contribution < -0.4 is 5.32 Å². The van der Waals surface area contributed by atoms with Crippen molar-refractivity contribution in [1.82, 2.24) is 5.32 Å². The maximum absolute atomic E-state index is 10.8. The number of carbonyl (C=O) groups excluding carboxylic acids is 2. The molecule has 0 spiro atoms. The van der Waals surface area contributed by atoms with Crippen LogP contribution in [0.2, 0.25) is 0 Å². The lowest BCUT2D eigenvalue weighted by Gasteiger charge is -1.95. The highest BCUT2D eigenvalue weighted by Crippen LogP contribution is 1.89. The van der Waals surface area contributed by atoms with Crippen LogP contribution in [0.1, 0.15) is 6.42 Å². The molecule has 0 heterocycles. The summed E-state index contributed by atoms with van der Waals surface area (Å²) in [5.74, 6) is -0.191. The van der Waals surface area contributed by atoms with Crippen LogP contribution in [-0.4, -0.2) is 22.9 Å². The summed E-state index contributed by atoms with van der Waals surface area (Å²) in [5, 5.41) is 3.07. The Balaban J connectivity index is 3.54. The number of carbonyl (C=O) groups is 2. The second-order valence-corrected chi connectivity index (χ2v) is 3.27. The molecule has 1 amide bonds. The van der Waals surface area contributed by atoms with Crippen molar-refractivity contribution in [2.24, 2.45) is 0 Å². The van der Waals surface area contributed by atoms with Gasteiger partial charge in [-0.25, -0.2) is 0 Å². The van der Waals surface area contributed by atoms with E-state index in [1.54, 1.807) is 0 Å².